The Morgan fingerprint density at radius 2 is 2.20 bits per heavy atom. The van der Waals surface area contributed by atoms with Gasteiger partial charge in [0, 0.05) is 5.56 Å². The summed E-state index contributed by atoms with van der Waals surface area (Å²) in [6, 6.07) is 1.15. The van der Waals surface area contributed by atoms with Crippen molar-refractivity contribution in [2.45, 2.75) is 6.54 Å². The molecule has 0 atom stereocenters. The molecule has 0 aliphatic rings. The molecule has 1 aromatic carbocycles. The molecule has 0 saturated heterocycles. The maximum atomic E-state index is 13.2. The van der Waals surface area contributed by atoms with Crippen LogP contribution >= 0.6 is 11.6 Å². The van der Waals surface area contributed by atoms with E-state index in [9.17, 15) is 13.6 Å². The first-order chi connectivity index (χ1) is 7.11. The van der Waals surface area contributed by atoms with Crippen molar-refractivity contribution in [3.63, 3.8) is 0 Å². The molecule has 0 heterocycles. The second-order valence-electron chi connectivity index (χ2n) is 2.59. The highest BCUT2D eigenvalue weighted by Gasteiger charge is 2.17. The Hall–Kier alpha value is -1.45. The first-order valence-electron chi connectivity index (χ1n) is 3.85. The van der Waals surface area contributed by atoms with Gasteiger partial charge in [0.2, 0.25) is 11.9 Å². The third kappa shape index (κ3) is 2.32. The van der Waals surface area contributed by atoms with Gasteiger partial charge >= 0.3 is 0 Å². The van der Waals surface area contributed by atoms with Crippen LogP contribution in [0.4, 0.5) is 8.78 Å². The molecule has 6 heteroatoms. The van der Waals surface area contributed by atoms with Gasteiger partial charge in [-0.25, -0.2) is 14.2 Å². The molecule has 0 unspecified atom stereocenters. The molecule has 3 nitrogen and oxygen atoms in total. The predicted octanol–water partition coefficient (Wildman–Crippen LogP) is 2.46. The predicted molar refractivity (Wildman–Crippen MR) is 49.7 cm³/mol. The second kappa shape index (κ2) is 4.87. The van der Waals surface area contributed by atoms with Gasteiger partial charge in [0.15, 0.2) is 11.6 Å². The maximum absolute atomic E-state index is 13.2. The number of hydrogen-bond acceptors (Lipinski definition) is 3. The number of rotatable bonds is 3. The SMILES string of the molecule is COc1c(Cl)cc(CN=C=O)c(F)c1F. The number of halogens is 3. The fraction of sp³-hybridized carbons (Fsp3) is 0.222. The van der Waals surface area contributed by atoms with Crippen molar-refractivity contribution in [1.29, 1.82) is 0 Å². The number of aliphatic imine (C=N–C) groups is 1. The fourth-order valence-electron chi connectivity index (χ4n) is 1.05. The van der Waals surface area contributed by atoms with Crippen LogP contribution in [0.5, 0.6) is 5.75 Å². The van der Waals surface area contributed by atoms with Crippen LogP contribution in [0.15, 0.2) is 11.1 Å². The zero-order valence-corrected chi connectivity index (χ0v) is 8.44. The van der Waals surface area contributed by atoms with Crippen molar-refractivity contribution in [2.75, 3.05) is 7.11 Å². The summed E-state index contributed by atoms with van der Waals surface area (Å²) in [6.07, 6.45) is 1.22. The minimum atomic E-state index is -1.19. The molecule has 0 aliphatic carbocycles. The van der Waals surface area contributed by atoms with Crippen LogP contribution in [0.2, 0.25) is 5.02 Å². The minimum Gasteiger partial charge on any atom is -0.492 e. The third-order valence-corrected chi connectivity index (χ3v) is 1.99. The van der Waals surface area contributed by atoms with E-state index in [4.69, 9.17) is 11.6 Å². The highest BCUT2D eigenvalue weighted by atomic mass is 35.5. The van der Waals surface area contributed by atoms with Crippen LogP contribution in [0, 0.1) is 11.6 Å². The van der Waals surface area contributed by atoms with Crippen molar-refractivity contribution in [3.8, 4) is 5.75 Å². The Bertz CT molecular complexity index is 431. The summed E-state index contributed by atoms with van der Waals surface area (Å²) in [6.45, 7) is -0.310. The number of ether oxygens (including phenoxy) is 1. The van der Waals surface area contributed by atoms with E-state index >= 15 is 0 Å². The van der Waals surface area contributed by atoms with Crippen molar-refractivity contribution < 1.29 is 18.3 Å². The van der Waals surface area contributed by atoms with Gasteiger partial charge in [-0.15, -0.1) is 0 Å². The van der Waals surface area contributed by atoms with Crippen LogP contribution in [0.3, 0.4) is 0 Å². The summed E-state index contributed by atoms with van der Waals surface area (Å²) in [7, 11) is 1.17. The normalized spacial score (nSPS) is 9.60. The highest BCUT2D eigenvalue weighted by molar-refractivity contribution is 6.32. The lowest BCUT2D eigenvalue weighted by Crippen LogP contribution is -1.98. The number of benzene rings is 1. The van der Waals surface area contributed by atoms with Gasteiger partial charge in [-0.2, -0.15) is 4.39 Å². The number of methoxy groups -OCH3 is 1. The lowest BCUT2D eigenvalue weighted by atomic mass is 10.2. The summed E-state index contributed by atoms with van der Waals surface area (Å²) in [5.74, 6) is -2.69. The molecular formula is C9H6ClF2NO2. The molecule has 0 aliphatic heterocycles. The lowest BCUT2D eigenvalue weighted by Gasteiger charge is -2.07. The lowest BCUT2D eigenvalue weighted by molar-refractivity contribution is 0.370. The zero-order chi connectivity index (χ0) is 11.4. The van der Waals surface area contributed by atoms with Crippen LogP contribution in [-0.4, -0.2) is 13.2 Å². The molecule has 0 N–H and O–H groups in total. The summed E-state index contributed by atoms with van der Waals surface area (Å²) in [4.78, 5) is 12.9. The standard InChI is InChI=1S/C9H6ClF2NO2/c1-15-9-6(10)2-5(3-13-4-14)7(11)8(9)12/h2H,3H2,1H3. The van der Waals surface area contributed by atoms with E-state index in [2.05, 4.69) is 9.73 Å². The molecule has 1 rings (SSSR count). The van der Waals surface area contributed by atoms with E-state index in [1.807, 2.05) is 0 Å². The number of nitrogens with zero attached hydrogens (tertiary/aromatic N) is 1. The Labute approximate surface area is 89.3 Å². The highest BCUT2D eigenvalue weighted by Crippen LogP contribution is 2.31. The fourth-order valence-corrected chi connectivity index (χ4v) is 1.34. The number of hydrogen-bond donors (Lipinski definition) is 0. The van der Waals surface area contributed by atoms with Gasteiger partial charge in [0.05, 0.1) is 18.7 Å². The minimum absolute atomic E-state index is 0.0764. The van der Waals surface area contributed by atoms with E-state index in [1.165, 1.54) is 13.2 Å². The average Bonchev–Trinajstić information content (AvgIpc) is 2.22. The Kier molecular flexibility index (Phi) is 3.77. The smallest absolute Gasteiger partial charge is 0.235 e. The van der Waals surface area contributed by atoms with Gasteiger partial charge in [0.1, 0.15) is 0 Å². The molecule has 80 valence electrons. The Morgan fingerprint density at radius 3 is 2.73 bits per heavy atom. The Balaban J connectivity index is 3.26. The van der Waals surface area contributed by atoms with E-state index in [0.29, 0.717) is 0 Å². The molecule has 1 aromatic rings. The van der Waals surface area contributed by atoms with Crippen LogP contribution in [0.25, 0.3) is 0 Å². The maximum Gasteiger partial charge on any atom is 0.235 e. The van der Waals surface area contributed by atoms with E-state index < -0.39 is 11.6 Å². The molecule has 0 amide bonds. The van der Waals surface area contributed by atoms with E-state index in [-0.39, 0.29) is 22.9 Å². The summed E-state index contributed by atoms with van der Waals surface area (Å²) in [5.41, 5.74) is -0.123. The second-order valence-corrected chi connectivity index (χ2v) is 2.99. The van der Waals surface area contributed by atoms with Crippen molar-refractivity contribution in [3.05, 3.63) is 28.3 Å². The third-order valence-electron chi connectivity index (χ3n) is 1.71. The topological polar surface area (TPSA) is 38.7 Å². The molecule has 0 saturated carbocycles. The van der Waals surface area contributed by atoms with Crippen LogP contribution < -0.4 is 4.74 Å². The molecule has 0 aromatic heterocycles. The Morgan fingerprint density at radius 1 is 1.53 bits per heavy atom. The van der Waals surface area contributed by atoms with E-state index in [0.717, 1.165) is 6.07 Å². The quantitative estimate of drug-likeness (QED) is 0.457. The first kappa shape index (κ1) is 11.6. The van der Waals surface area contributed by atoms with Crippen molar-refractivity contribution >= 4 is 17.7 Å². The molecular weight excluding hydrogens is 228 g/mol. The molecule has 0 bridgehead atoms. The van der Waals surface area contributed by atoms with E-state index in [1.54, 1.807) is 0 Å². The molecule has 0 spiro atoms. The summed E-state index contributed by atoms with van der Waals surface area (Å²) < 4.78 is 31.0. The van der Waals surface area contributed by atoms with Crippen LogP contribution in [0.1, 0.15) is 5.56 Å². The zero-order valence-electron chi connectivity index (χ0n) is 7.68. The van der Waals surface area contributed by atoms with Gasteiger partial charge in [0.25, 0.3) is 0 Å². The van der Waals surface area contributed by atoms with Crippen molar-refractivity contribution in [1.82, 2.24) is 0 Å². The molecule has 0 radical (unpaired) electrons. The number of carbonyl (C=O) groups excluding carboxylic acids is 1. The van der Waals surface area contributed by atoms with Crippen LogP contribution in [-0.2, 0) is 11.3 Å². The summed E-state index contributed by atoms with van der Waals surface area (Å²) in [5, 5.41) is -0.0764. The van der Waals surface area contributed by atoms with Gasteiger partial charge < -0.3 is 4.74 Å². The molecule has 15 heavy (non-hydrogen) atoms. The van der Waals surface area contributed by atoms with Crippen molar-refractivity contribution in [2.24, 2.45) is 4.99 Å². The summed E-state index contributed by atoms with van der Waals surface area (Å²) >= 11 is 5.61. The monoisotopic (exact) mass is 233 g/mol. The largest absolute Gasteiger partial charge is 0.492 e. The van der Waals surface area contributed by atoms with Gasteiger partial charge in [-0.1, -0.05) is 11.6 Å². The van der Waals surface area contributed by atoms with Gasteiger partial charge in [-0.05, 0) is 6.07 Å². The number of isocyanates is 1. The molecule has 0 fully saturated rings. The first-order valence-corrected chi connectivity index (χ1v) is 4.23. The average molecular weight is 234 g/mol. The van der Waals surface area contributed by atoms with Gasteiger partial charge in [-0.3, -0.25) is 0 Å².